The molecule has 0 N–H and O–H groups in total. The van der Waals surface area contributed by atoms with Crippen molar-refractivity contribution in [1.82, 2.24) is 0 Å². The molecule has 0 atom stereocenters. The molecule has 0 spiro atoms. The summed E-state index contributed by atoms with van der Waals surface area (Å²) in [6, 6.07) is 17.4. The molecular weight excluding hydrogens is 941 g/mol. The summed E-state index contributed by atoms with van der Waals surface area (Å²) in [7, 11) is 0. The molecule has 0 aliphatic carbocycles. The van der Waals surface area contributed by atoms with Crippen LogP contribution in [-0.2, 0) is 12.8 Å². The van der Waals surface area contributed by atoms with Gasteiger partial charge in [0.15, 0.2) is 0 Å². The number of rotatable bonds is 56. The standard InChI is InChI=1S/C76H128N2/c1-4-7-10-12-14-16-18-20-22-24-26-28-30-32-34-36-38-40-42-44-46-48-50-52-54-56-58-64-72-66-60-62-69-75(72)77-71-74(68-9-6-3)78-76-70-63-61-67-73(76)65-59-57-55-53-51-49-47-45-43-41-39-37-35-33-31-29-27-25-23-21-19-17-15-13-11-8-5-2/h60-63,66-67,69-71H,4-51,56-59,64-65,68H2,1-3H3. The molecule has 0 aliphatic heterocycles. The maximum absolute atomic E-state index is 5.24. The molecule has 0 amide bonds. The molecule has 0 saturated carbocycles. The van der Waals surface area contributed by atoms with Gasteiger partial charge in [-0.2, -0.15) is 0 Å². The van der Waals surface area contributed by atoms with Gasteiger partial charge in [-0.15, -0.1) is 23.7 Å². The number of aliphatic imine (C=N–C) groups is 2. The van der Waals surface area contributed by atoms with E-state index in [0.717, 1.165) is 87.7 Å². The molecule has 0 heterocycles. The van der Waals surface area contributed by atoms with E-state index in [1.165, 1.54) is 294 Å². The number of hydrogen-bond donors (Lipinski definition) is 0. The predicted molar refractivity (Wildman–Crippen MR) is 353 cm³/mol. The van der Waals surface area contributed by atoms with Crippen molar-refractivity contribution in [2.75, 3.05) is 0 Å². The van der Waals surface area contributed by atoms with Crippen LogP contribution >= 0.6 is 0 Å². The molecule has 0 aliphatic rings. The van der Waals surface area contributed by atoms with E-state index in [4.69, 9.17) is 9.98 Å². The first-order chi connectivity index (χ1) is 38.8. The first kappa shape index (κ1) is 71.0. The van der Waals surface area contributed by atoms with Gasteiger partial charge >= 0.3 is 0 Å². The van der Waals surface area contributed by atoms with Crippen molar-refractivity contribution in [2.45, 2.75) is 374 Å². The Bertz CT molecular complexity index is 1760. The Morgan fingerprint density at radius 2 is 0.551 bits per heavy atom. The number of aryl methyl sites for hydroxylation is 2. The third-order valence-corrected chi connectivity index (χ3v) is 16.4. The van der Waals surface area contributed by atoms with Gasteiger partial charge < -0.3 is 0 Å². The fourth-order valence-electron chi connectivity index (χ4n) is 11.2. The molecule has 2 aromatic rings. The van der Waals surface area contributed by atoms with Crippen LogP contribution in [0.25, 0.3) is 0 Å². The normalized spacial score (nSPS) is 11.6. The van der Waals surface area contributed by atoms with Crippen LogP contribution in [-0.4, -0.2) is 11.9 Å². The molecule has 2 aromatic carbocycles. The molecule has 78 heavy (non-hydrogen) atoms. The second-order valence-electron chi connectivity index (χ2n) is 24.0. The molecule has 2 rings (SSSR count). The second kappa shape index (κ2) is 58.6. The first-order valence-electron chi connectivity index (χ1n) is 35.0. The Kier molecular flexibility index (Phi) is 53.3. The van der Waals surface area contributed by atoms with E-state index in [9.17, 15) is 0 Å². The van der Waals surface area contributed by atoms with E-state index in [2.05, 4.69) is 93.0 Å². The van der Waals surface area contributed by atoms with Crippen LogP contribution in [0.15, 0.2) is 58.5 Å². The summed E-state index contributed by atoms with van der Waals surface area (Å²) < 4.78 is 0. The van der Waals surface area contributed by atoms with Crippen LogP contribution in [0.2, 0.25) is 0 Å². The first-order valence-corrected chi connectivity index (χ1v) is 35.0. The molecular formula is C76H128N2. The Morgan fingerprint density at radius 1 is 0.295 bits per heavy atom. The molecule has 0 aromatic heterocycles. The lowest BCUT2D eigenvalue weighted by atomic mass is 10.0. The summed E-state index contributed by atoms with van der Waals surface area (Å²) in [5.74, 6) is 13.9. The largest absolute Gasteiger partial charge is 0.255 e. The number of benzene rings is 2. The van der Waals surface area contributed by atoms with Gasteiger partial charge in [0.1, 0.15) is 0 Å². The lowest BCUT2D eigenvalue weighted by Gasteiger charge is -2.08. The van der Waals surface area contributed by atoms with E-state index in [-0.39, 0.29) is 0 Å². The molecule has 0 fully saturated rings. The number of para-hydroxylation sites is 2. The quantitative estimate of drug-likeness (QED) is 0.0358. The summed E-state index contributed by atoms with van der Waals surface area (Å²) >= 11 is 0. The summed E-state index contributed by atoms with van der Waals surface area (Å²) in [6.45, 7) is 6.87. The monoisotopic (exact) mass is 1070 g/mol. The zero-order valence-electron chi connectivity index (χ0n) is 52.5. The average molecular weight is 1070 g/mol. The van der Waals surface area contributed by atoms with E-state index in [1.807, 2.05) is 6.21 Å². The minimum Gasteiger partial charge on any atom is -0.255 e. The Hall–Kier alpha value is -3.10. The van der Waals surface area contributed by atoms with Gasteiger partial charge in [0.2, 0.25) is 0 Å². The minimum atomic E-state index is 0.941. The number of unbranched alkanes of at least 4 members (excludes halogenated alkanes) is 47. The zero-order chi connectivity index (χ0) is 55.4. The highest BCUT2D eigenvalue weighted by Gasteiger charge is 2.06. The molecule has 0 unspecified atom stereocenters. The minimum absolute atomic E-state index is 0.941. The smallest absolute Gasteiger partial charge is 0.0665 e. The van der Waals surface area contributed by atoms with E-state index in [1.54, 1.807) is 0 Å². The lowest BCUT2D eigenvalue weighted by Crippen LogP contribution is -2.00. The topological polar surface area (TPSA) is 24.7 Å². The second-order valence-corrected chi connectivity index (χ2v) is 24.0. The summed E-state index contributed by atoms with van der Waals surface area (Å²) in [5, 5.41) is 0. The Morgan fingerprint density at radius 3 is 0.872 bits per heavy atom. The van der Waals surface area contributed by atoms with Gasteiger partial charge in [-0.1, -0.05) is 333 Å². The summed E-state index contributed by atoms with van der Waals surface area (Å²) in [5.41, 5.74) is 5.85. The van der Waals surface area contributed by atoms with Gasteiger partial charge in [-0.25, -0.2) is 0 Å². The Balaban J connectivity index is 1.51. The SMILES string of the molecule is CCCCCCCCCCCCCCCCCCCCCCCCC#CCCCc1ccccc1N=CC(CCCC)=Nc1ccccc1CCCC#CCCCCCCCCCCCCCCCCCCCCCCCC. The van der Waals surface area contributed by atoms with Crippen molar-refractivity contribution in [3.8, 4) is 23.7 Å². The predicted octanol–water partition coefficient (Wildman–Crippen LogP) is 26.0. The van der Waals surface area contributed by atoms with Gasteiger partial charge in [0.25, 0.3) is 0 Å². The third kappa shape index (κ3) is 46.6. The van der Waals surface area contributed by atoms with E-state index >= 15 is 0 Å². The highest BCUT2D eigenvalue weighted by atomic mass is 14.8. The van der Waals surface area contributed by atoms with Gasteiger partial charge in [-0.3, -0.25) is 9.98 Å². The zero-order valence-corrected chi connectivity index (χ0v) is 52.5. The fourth-order valence-corrected chi connectivity index (χ4v) is 11.2. The van der Waals surface area contributed by atoms with Crippen molar-refractivity contribution < 1.29 is 0 Å². The highest BCUT2D eigenvalue weighted by Crippen LogP contribution is 2.25. The summed E-state index contributed by atoms with van der Waals surface area (Å²) in [4.78, 5) is 10.3. The van der Waals surface area contributed by atoms with Crippen molar-refractivity contribution in [3.63, 3.8) is 0 Å². The maximum atomic E-state index is 5.24. The van der Waals surface area contributed by atoms with Crippen LogP contribution in [0.5, 0.6) is 0 Å². The number of nitrogens with zero attached hydrogens (tertiary/aromatic N) is 2. The average Bonchev–Trinajstić information content (AvgIpc) is 3.46. The maximum Gasteiger partial charge on any atom is 0.0665 e. The van der Waals surface area contributed by atoms with Gasteiger partial charge in [-0.05, 0) is 74.6 Å². The van der Waals surface area contributed by atoms with Crippen LogP contribution in [0.1, 0.15) is 372 Å². The molecule has 0 saturated heterocycles. The molecule has 0 bridgehead atoms. The van der Waals surface area contributed by atoms with Crippen LogP contribution in [0, 0.1) is 23.7 Å². The highest BCUT2D eigenvalue weighted by molar-refractivity contribution is 6.31. The molecule has 442 valence electrons. The number of hydrogen-bond acceptors (Lipinski definition) is 2. The van der Waals surface area contributed by atoms with Crippen molar-refractivity contribution >= 4 is 23.3 Å². The molecule has 2 heteroatoms. The van der Waals surface area contributed by atoms with Crippen LogP contribution < -0.4 is 0 Å². The van der Waals surface area contributed by atoms with Gasteiger partial charge in [0, 0.05) is 31.9 Å². The van der Waals surface area contributed by atoms with Crippen LogP contribution in [0.4, 0.5) is 11.4 Å². The van der Waals surface area contributed by atoms with Crippen molar-refractivity contribution in [2.24, 2.45) is 9.98 Å². The van der Waals surface area contributed by atoms with E-state index < -0.39 is 0 Å². The van der Waals surface area contributed by atoms with Crippen LogP contribution in [0.3, 0.4) is 0 Å². The third-order valence-electron chi connectivity index (χ3n) is 16.4. The van der Waals surface area contributed by atoms with E-state index in [0.29, 0.717) is 0 Å². The molecule has 0 radical (unpaired) electrons. The molecule has 2 nitrogen and oxygen atoms in total. The fraction of sp³-hybridized carbons (Fsp3) is 0.763. The van der Waals surface area contributed by atoms with Crippen molar-refractivity contribution in [1.29, 1.82) is 0 Å². The summed E-state index contributed by atoms with van der Waals surface area (Å²) in [6.07, 6.45) is 76.5. The van der Waals surface area contributed by atoms with Gasteiger partial charge in [0.05, 0.1) is 17.1 Å². The Labute approximate surface area is 488 Å². The van der Waals surface area contributed by atoms with Crippen molar-refractivity contribution in [3.05, 3.63) is 59.7 Å². The lowest BCUT2D eigenvalue weighted by molar-refractivity contribution is 0.519.